The standard InChI is InChI=1S/C9H17N3O3S/c1-4-12(5-2)9(13)7-11-16(14,15)8(3)6-10/h8,11H,4-5,7H2,1-3H3. The van der Waals surface area contributed by atoms with Crippen LogP contribution in [0.1, 0.15) is 20.8 Å². The topological polar surface area (TPSA) is 90.3 Å². The second kappa shape index (κ2) is 6.45. The molecule has 1 amide bonds. The third-order valence-electron chi connectivity index (χ3n) is 2.19. The molecule has 0 aromatic heterocycles. The van der Waals surface area contributed by atoms with Gasteiger partial charge in [-0.05, 0) is 20.8 Å². The van der Waals surface area contributed by atoms with Gasteiger partial charge in [-0.15, -0.1) is 0 Å². The molecule has 0 fully saturated rings. The first-order chi connectivity index (χ1) is 7.38. The van der Waals surface area contributed by atoms with Crippen molar-refractivity contribution in [3.05, 3.63) is 0 Å². The van der Waals surface area contributed by atoms with Crippen molar-refractivity contribution >= 4 is 15.9 Å². The van der Waals surface area contributed by atoms with Crippen LogP contribution in [0, 0.1) is 11.3 Å². The number of hydrogen-bond donors (Lipinski definition) is 1. The summed E-state index contributed by atoms with van der Waals surface area (Å²) < 4.78 is 24.8. The van der Waals surface area contributed by atoms with Gasteiger partial charge in [0.2, 0.25) is 15.9 Å². The van der Waals surface area contributed by atoms with Crippen molar-refractivity contribution < 1.29 is 13.2 Å². The van der Waals surface area contributed by atoms with Gasteiger partial charge in [0.1, 0.15) is 0 Å². The molecule has 0 heterocycles. The van der Waals surface area contributed by atoms with E-state index in [1.165, 1.54) is 11.8 Å². The van der Waals surface area contributed by atoms with Gasteiger partial charge in [0.15, 0.2) is 5.25 Å². The van der Waals surface area contributed by atoms with Gasteiger partial charge in [0.25, 0.3) is 0 Å². The number of carbonyl (C=O) groups is 1. The van der Waals surface area contributed by atoms with Crippen LogP contribution in [0.4, 0.5) is 0 Å². The van der Waals surface area contributed by atoms with E-state index in [-0.39, 0.29) is 12.5 Å². The van der Waals surface area contributed by atoms with Crippen LogP contribution >= 0.6 is 0 Å². The van der Waals surface area contributed by atoms with Crippen molar-refractivity contribution in [1.29, 1.82) is 5.26 Å². The van der Waals surface area contributed by atoms with E-state index in [1.807, 2.05) is 13.8 Å². The highest BCUT2D eigenvalue weighted by Crippen LogP contribution is 1.96. The average Bonchev–Trinajstić information content (AvgIpc) is 2.27. The van der Waals surface area contributed by atoms with Crippen LogP contribution in [0.25, 0.3) is 0 Å². The lowest BCUT2D eigenvalue weighted by molar-refractivity contribution is -0.129. The molecule has 7 heteroatoms. The highest BCUT2D eigenvalue weighted by atomic mass is 32.2. The van der Waals surface area contributed by atoms with E-state index in [1.54, 1.807) is 6.07 Å². The fraction of sp³-hybridized carbons (Fsp3) is 0.778. The fourth-order valence-corrected chi connectivity index (χ4v) is 1.76. The lowest BCUT2D eigenvalue weighted by Gasteiger charge is -2.18. The highest BCUT2D eigenvalue weighted by molar-refractivity contribution is 7.90. The number of rotatable bonds is 6. The zero-order valence-electron chi connectivity index (χ0n) is 9.73. The van der Waals surface area contributed by atoms with Crippen LogP contribution in [-0.4, -0.2) is 44.1 Å². The van der Waals surface area contributed by atoms with Crippen LogP contribution < -0.4 is 4.72 Å². The van der Waals surface area contributed by atoms with Gasteiger partial charge in [0, 0.05) is 13.1 Å². The molecule has 0 radical (unpaired) electrons. The first-order valence-corrected chi connectivity index (χ1v) is 6.59. The molecule has 92 valence electrons. The summed E-state index contributed by atoms with van der Waals surface area (Å²) in [5.41, 5.74) is 0. The SMILES string of the molecule is CCN(CC)C(=O)CNS(=O)(=O)C(C)C#N. The second-order valence-electron chi connectivity index (χ2n) is 3.20. The lowest BCUT2D eigenvalue weighted by Crippen LogP contribution is -2.42. The average molecular weight is 247 g/mol. The Hall–Kier alpha value is -1.13. The van der Waals surface area contributed by atoms with E-state index in [0.717, 1.165) is 0 Å². The zero-order valence-corrected chi connectivity index (χ0v) is 10.5. The summed E-state index contributed by atoms with van der Waals surface area (Å²) in [6.45, 7) is 5.66. The quantitative estimate of drug-likeness (QED) is 0.697. The van der Waals surface area contributed by atoms with Crippen molar-refractivity contribution in [1.82, 2.24) is 9.62 Å². The molecule has 0 aliphatic carbocycles. The summed E-state index contributed by atoms with van der Waals surface area (Å²) >= 11 is 0. The molecule has 0 saturated heterocycles. The normalized spacial score (nSPS) is 12.9. The maximum Gasteiger partial charge on any atom is 0.237 e. The van der Waals surface area contributed by atoms with Crippen LogP contribution in [0.5, 0.6) is 0 Å². The Morgan fingerprint density at radius 3 is 2.31 bits per heavy atom. The predicted octanol–water partition coefficient (Wildman–Crippen LogP) is -0.314. The van der Waals surface area contributed by atoms with Crippen molar-refractivity contribution in [2.24, 2.45) is 0 Å². The molecule has 0 bridgehead atoms. The maximum atomic E-state index is 11.5. The van der Waals surface area contributed by atoms with Gasteiger partial charge in [-0.25, -0.2) is 13.1 Å². The van der Waals surface area contributed by atoms with Crippen molar-refractivity contribution in [2.45, 2.75) is 26.0 Å². The minimum Gasteiger partial charge on any atom is -0.342 e. The Morgan fingerprint density at radius 1 is 1.44 bits per heavy atom. The monoisotopic (exact) mass is 247 g/mol. The lowest BCUT2D eigenvalue weighted by atomic mass is 10.4. The molecule has 6 nitrogen and oxygen atoms in total. The van der Waals surface area contributed by atoms with Gasteiger partial charge in [0.05, 0.1) is 12.6 Å². The Balaban J connectivity index is 4.37. The van der Waals surface area contributed by atoms with Gasteiger partial charge in [-0.3, -0.25) is 4.79 Å². The second-order valence-corrected chi connectivity index (χ2v) is 5.29. The van der Waals surface area contributed by atoms with Crippen LogP contribution in [0.2, 0.25) is 0 Å². The zero-order chi connectivity index (χ0) is 12.8. The Morgan fingerprint density at radius 2 is 1.94 bits per heavy atom. The molecule has 0 rings (SSSR count). The van der Waals surface area contributed by atoms with E-state index in [4.69, 9.17) is 5.26 Å². The van der Waals surface area contributed by atoms with E-state index in [0.29, 0.717) is 13.1 Å². The van der Waals surface area contributed by atoms with Gasteiger partial charge < -0.3 is 4.90 Å². The van der Waals surface area contributed by atoms with E-state index in [9.17, 15) is 13.2 Å². The highest BCUT2D eigenvalue weighted by Gasteiger charge is 2.21. The third-order valence-corrected chi connectivity index (χ3v) is 3.77. The molecule has 0 aromatic rings. The van der Waals surface area contributed by atoms with E-state index < -0.39 is 15.3 Å². The number of sulfonamides is 1. The summed E-state index contributed by atoms with van der Waals surface area (Å²) in [6.07, 6.45) is 0. The first-order valence-electron chi connectivity index (χ1n) is 5.04. The van der Waals surface area contributed by atoms with Crippen molar-refractivity contribution in [2.75, 3.05) is 19.6 Å². The molecule has 0 aromatic carbocycles. The van der Waals surface area contributed by atoms with Crippen molar-refractivity contribution in [3.8, 4) is 6.07 Å². The van der Waals surface area contributed by atoms with Gasteiger partial charge >= 0.3 is 0 Å². The summed E-state index contributed by atoms with van der Waals surface area (Å²) in [5, 5.41) is 7.32. The minimum atomic E-state index is -3.71. The number of carbonyl (C=O) groups excluding carboxylic acids is 1. The summed E-state index contributed by atoms with van der Waals surface area (Å²) in [6, 6.07) is 1.61. The molecule has 0 saturated carbocycles. The largest absolute Gasteiger partial charge is 0.342 e. The summed E-state index contributed by atoms with van der Waals surface area (Å²) in [5.74, 6) is -0.293. The van der Waals surface area contributed by atoms with Crippen LogP contribution in [-0.2, 0) is 14.8 Å². The molecule has 16 heavy (non-hydrogen) atoms. The molecule has 1 unspecified atom stereocenters. The predicted molar refractivity (Wildman–Crippen MR) is 59.9 cm³/mol. The third kappa shape index (κ3) is 4.16. The molecular formula is C9H17N3O3S. The number of likely N-dealkylation sites (N-methyl/N-ethyl adjacent to an activating group) is 1. The Kier molecular flexibility index (Phi) is 6.00. The smallest absolute Gasteiger partial charge is 0.237 e. The number of nitrogens with one attached hydrogen (secondary N) is 1. The molecule has 1 atom stereocenters. The van der Waals surface area contributed by atoms with Gasteiger partial charge in [-0.2, -0.15) is 5.26 Å². The number of amides is 1. The molecule has 1 N–H and O–H groups in total. The maximum absolute atomic E-state index is 11.5. The van der Waals surface area contributed by atoms with E-state index in [2.05, 4.69) is 4.72 Å². The Bertz CT molecular complexity index is 368. The fourth-order valence-electron chi connectivity index (χ4n) is 1.04. The van der Waals surface area contributed by atoms with Crippen LogP contribution in [0.15, 0.2) is 0 Å². The molecular weight excluding hydrogens is 230 g/mol. The molecule has 0 aliphatic heterocycles. The minimum absolute atomic E-state index is 0.293. The van der Waals surface area contributed by atoms with Crippen molar-refractivity contribution in [3.63, 3.8) is 0 Å². The molecule has 0 spiro atoms. The van der Waals surface area contributed by atoms with Gasteiger partial charge in [-0.1, -0.05) is 0 Å². The number of hydrogen-bond acceptors (Lipinski definition) is 4. The molecule has 0 aliphatic rings. The number of nitrogens with zero attached hydrogens (tertiary/aromatic N) is 2. The number of nitriles is 1. The first kappa shape index (κ1) is 14.9. The van der Waals surface area contributed by atoms with E-state index >= 15 is 0 Å². The Labute approximate surface area is 96.3 Å². The van der Waals surface area contributed by atoms with Crippen LogP contribution in [0.3, 0.4) is 0 Å². The summed E-state index contributed by atoms with van der Waals surface area (Å²) in [7, 11) is -3.71. The summed E-state index contributed by atoms with van der Waals surface area (Å²) in [4.78, 5) is 13.0.